The molecule has 0 unspecified atom stereocenters. The number of methoxy groups -OCH3 is 1. The van der Waals surface area contributed by atoms with Crippen LogP contribution in [0.4, 0.5) is 4.39 Å². The van der Waals surface area contributed by atoms with Crippen molar-refractivity contribution in [1.29, 1.82) is 0 Å². The molecule has 0 aliphatic rings. The summed E-state index contributed by atoms with van der Waals surface area (Å²) < 4.78 is 20.2. The fourth-order valence-electron chi connectivity index (χ4n) is 2.44. The number of hydrogen-bond donors (Lipinski definition) is 1. The zero-order chi connectivity index (χ0) is 18.0. The van der Waals surface area contributed by atoms with Crippen LogP contribution < -0.4 is 4.74 Å². The van der Waals surface area contributed by atoms with Gasteiger partial charge in [0.2, 0.25) is 0 Å². The molecule has 0 aliphatic heterocycles. The number of carboxylic acid groups (broad SMARTS) is 1. The second-order valence-corrected chi connectivity index (χ2v) is 5.66. The van der Waals surface area contributed by atoms with E-state index in [0.29, 0.717) is 21.8 Å². The van der Waals surface area contributed by atoms with Crippen LogP contribution in [0.15, 0.2) is 42.5 Å². The highest BCUT2D eigenvalue weighted by Gasteiger charge is 2.21. The normalized spacial score (nSPS) is 10.7. The van der Waals surface area contributed by atoms with E-state index in [2.05, 4.69) is 10.3 Å². The summed E-state index contributed by atoms with van der Waals surface area (Å²) in [5, 5.41) is 17.5. The van der Waals surface area contributed by atoms with Crippen molar-refractivity contribution in [3.8, 4) is 17.0 Å². The topological polar surface area (TPSA) is 77.2 Å². The van der Waals surface area contributed by atoms with E-state index >= 15 is 0 Å². The van der Waals surface area contributed by atoms with E-state index < -0.39 is 11.8 Å². The maximum Gasteiger partial charge on any atom is 0.358 e. The molecule has 0 saturated heterocycles. The predicted molar refractivity (Wildman–Crippen MR) is 89.5 cm³/mol. The van der Waals surface area contributed by atoms with E-state index in [0.717, 1.165) is 0 Å². The Morgan fingerprint density at radius 1 is 1.28 bits per heavy atom. The van der Waals surface area contributed by atoms with Gasteiger partial charge in [0.05, 0.1) is 13.7 Å². The zero-order valence-corrected chi connectivity index (χ0v) is 13.9. The third-order valence-corrected chi connectivity index (χ3v) is 3.86. The minimum absolute atomic E-state index is 0.131. The molecule has 0 radical (unpaired) electrons. The van der Waals surface area contributed by atoms with Gasteiger partial charge in [0.15, 0.2) is 17.3 Å². The van der Waals surface area contributed by atoms with Gasteiger partial charge in [0.1, 0.15) is 5.69 Å². The Labute approximate surface area is 147 Å². The number of carboxylic acids is 1. The smallest absolute Gasteiger partial charge is 0.358 e. The van der Waals surface area contributed by atoms with E-state index in [1.165, 1.54) is 23.9 Å². The quantitative estimate of drug-likeness (QED) is 0.752. The maximum atomic E-state index is 13.9. The van der Waals surface area contributed by atoms with Gasteiger partial charge in [-0.2, -0.15) is 0 Å². The zero-order valence-electron chi connectivity index (χ0n) is 13.1. The van der Waals surface area contributed by atoms with Crippen LogP contribution in [-0.2, 0) is 6.54 Å². The van der Waals surface area contributed by atoms with Crippen molar-refractivity contribution in [2.24, 2.45) is 0 Å². The van der Waals surface area contributed by atoms with Gasteiger partial charge in [-0.05, 0) is 29.8 Å². The molecular formula is C17H13ClFN3O3. The molecule has 3 rings (SSSR count). The Kier molecular flexibility index (Phi) is 4.67. The summed E-state index contributed by atoms with van der Waals surface area (Å²) in [4.78, 5) is 11.4. The Balaban J connectivity index is 2.03. The lowest BCUT2D eigenvalue weighted by atomic mass is 10.1. The minimum atomic E-state index is -1.20. The molecule has 3 aromatic rings. The first-order valence-electron chi connectivity index (χ1n) is 7.24. The monoisotopic (exact) mass is 361 g/mol. The van der Waals surface area contributed by atoms with Crippen LogP contribution in [0.25, 0.3) is 11.3 Å². The molecule has 8 heteroatoms. The third kappa shape index (κ3) is 3.46. The molecule has 0 saturated carbocycles. The lowest BCUT2D eigenvalue weighted by molar-refractivity contribution is 0.0691. The molecule has 2 aromatic carbocycles. The third-order valence-electron chi connectivity index (χ3n) is 3.60. The summed E-state index contributed by atoms with van der Waals surface area (Å²) in [5.74, 6) is -1.57. The Bertz CT molecular complexity index is 925. The standard InChI is InChI=1S/C17H13ClFN3O3/c1-25-14-7-2-10(8-13(14)19)9-22-16(15(17(23)24)20-21-22)11-3-5-12(18)6-4-11/h2-8H,9H2,1H3,(H,23,24). The summed E-state index contributed by atoms with van der Waals surface area (Å²) in [5.41, 5.74) is 1.33. The SMILES string of the molecule is COc1ccc(Cn2nnc(C(=O)O)c2-c2ccc(Cl)cc2)cc1F. The lowest BCUT2D eigenvalue weighted by Gasteiger charge is -2.09. The molecule has 0 spiro atoms. The average molecular weight is 362 g/mol. The number of ether oxygens (including phenoxy) is 1. The molecule has 1 aromatic heterocycles. The first-order chi connectivity index (χ1) is 12.0. The van der Waals surface area contributed by atoms with Gasteiger partial charge in [-0.1, -0.05) is 35.0 Å². The number of aromatic nitrogens is 3. The summed E-state index contributed by atoms with van der Waals surface area (Å²) in [6.07, 6.45) is 0. The van der Waals surface area contributed by atoms with Crippen LogP contribution in [0, 0.1) is 5.82 Å². The first kappa shape index (κ1) is 16.9. The number of benzene rings is 2. The van der Waals surface area contributed by atoms with E-state index in [1.54, 1.807) is 30.3 Å². The van der Waals surface area contributed by atoms with Crippen molar-refractivity contribution in [3.05, 3.63) is 64.6 Å². The number of nitrogens with zero attached hydrogens (tertiary/aromatic N) is 3. The van der Waals surface area contributed by atoms with Gasteiger partial charge < -0.3 is 9.84 Å². The van der Waals surface area contributed by atoms with Crippen molar-refractivity contribution < 1.29 is 19.0 Å². The van der Waals surface area contributed by atoms with Crippen LogP contribution >= 0.6 is 11.6 Å². The van der Waals surface area contributed by atoms with Gasteiger partial charge in [-0.25, -0.2) is 13.9 Å². The van der Waals surface area contributed by atoms with E-state index in [4.69, 9.17) is 16.3 Å². The van der Waals surface area contributed by atoms with E-state index in [-0.39, 0.29) is 18.0 Å². The van der Waals surface area contributed by atoms with Crippen LogP contribution in [0.3, 0.4) is 0 Å². The number of hydrogen-bond acceptors (Lipinski definition) is 4. The molecule has 0 amide bonds. The second-order valence-electron chi connectivity index (χ2n) is 5.23. The number of aromatic carboxylic acids is 1. The molecule has 0 bridgehead atoms. The summed E-state index contributed by atoms with van der Waals surface area (Å²) >= 11 is 5.88. The van der Waals surface area contributed by atoms with Crippen molar-refractivity contribution in [2.45, 2.75) is 6.54 Å². The van der Waals surface area contributed by atoms with Crippen molar-refractivity contribution in [2.75, 3.05) is 7.11 Å². The maximum absolute atomic E-state index is 13.9. The Morgan fingerprint density at radius 2 is 2.00 bits per heavy atom. The average Bonchev–Trinajstić information content (AvgIpc) is 2.99. The predicted octanol–water partition coefficient (Wildman–Crippen LogP) is 3.49. The van der Waals surface area contributed by atoms with Gasteiger partial charge in [0.25, 0.3) is 0 Å². The molecule has 128 valence electrons. The number of halogens is 2. The lowest BCUT2D eigenvalue weighted by Crippen LogP contribution is -2.06. The number of carbonyl (C=O) groups is 1. The molecular weight excluding hydrogens is 349 g/mol. The molecule has 1 heterocycles. The van der Waals surface area contributed by atoms with Gasteiger partial charge in [-0.3, -0.25) is 0 Å². The van der Waals surface area contributed by atoms with Crippen LogP contribution in [-0.4, -0.2) is 33.2 Å². The highest BCUT2D eigenvalue weighted by molar-refractivity contribution is 6.30. The molecule has 0 aliphatic carbocycles. The van der Waals surface area contributed by atoms with Crippen molar-refractivity contribution in [1.82, 2.24) is 15.0 Å². The Hall–Kier alpha value is -2.93. The first-order valence-corrected chi connectivity index (χ1v) is 7.62. The van der Waals surface area contributed by atoms with Crippen LogP contribution in [0.1, 0.15) is 16.1 Å². The van der Waals surface area contributed by atoms with Crippen molar-refractivity contribution in [3.63, 3.8) is 0 Å². The highest BCUT2D eigenvalue weighted by Crippen LogP contribution is 2.26. The van der Waals surface area contributed by atoms with Gasteiger partial charge in [0, 0.05) is 10.6 Å². The summed E-state index contributed by atoms with van der Waals surface area (Å²) in [7, 11) is 1.38. The summed E-state index contributed by atoms with van der Waals surface area (Å²) in [6.45, 7) is 0.152. The molecule has 1 N–H and O–H groups in total. The molecule has 25 heavy (non-hydrogen) atoms. The fraction of sp³-hybridized carbons (Fsp3) is 0.118. The molecule has 0 fully saturated rings. The fourth-order valence-corrected chi connectivity index (χ4v) is 2.57. The van der Waals surface area contributed by atoms with E-state index in [9.17, 15) is 14.3 Å². The highest BCUT2D eigenvalue weighted by atomic mass is 35.5. The summed E-state index contributed by atoms with van der Waals surface area (Å²) in [6, 6.07) is 11.1. The second kappa shape index (κ2) is 6.90. The Morgan fingerprint density at radius 3 is 2.60 bits per heavy atom. The van der Waals surface area contributed by atoms with Gasteiger partial charge in [-0.15, -0.1) is 5.10 Å². The largest absolute Gasteiger partial charge is 0.494 e. The number of rotatable bonds is 5. The minimum Gasteiger partial charge on any atom is -0.494 e. The van der Waals surface area contributed by atoms with Gasteiger partial charge >= 0.3 is 5.97 Å². The van der Waals surface area contributed by atoms with Crippen molar-refractivity contribution >= 4 is 17.6 Å². The van der Waals surface area contributed by atoms with E-state index in [1.807, 2.05) is 0 Å². The molecule has 0 atom stereocenters. The van der Waals surface area contributed by atoms with Crippen LogP contribution in [0.2, 0.25) is 5.02 Å². The van der Waals surface area contributed by atoms with Crippen LogP contribution in [0.5, 0.6) is 5.75 Å². The molecule has 6 nitrogen and oxygen atoms in total.